The highest BCUT2D eigenvalue weighted by atomic mass is 32.1. The topological polar surface area (TPSA) is 61.4 Å². The molecular weight excluding hydrogens is 306 g/mol. The Morgan fingerprint density at radius 2 is 2.19 bits per heavy atom. The molecule has 0 aromatic carbocycles. The minimum Gasteiger partial charge on any atom is -0.349 e. The number of aromatic nitrogens is 2. The van der Waals surface area contributed by atoms with Gasteiger partial charge in [-0.3, -0.25) is 4.79 Å². The summed E-state index contributed by atoms with van der Waals surface area (Å²) in [6, 6.07) is -0.333. The van der Waals surface area contributed by atoms with Gasteiger partial charge in [0.1, 0.15) is 11.7 Å². The normalized spacial score (nSPS) is 18.8. The Labute approximate surface area is 134 Å². The fourth-order valence-corrected chi connectivity index (χ4v) is 3.05. The van der Waals surface area contributed by atoms with Crippen LogP contribution in [0.15, 0.2) is 16.7 Å². The summed E-state index contributed by atoms with van der Waals surface area (Å²) in [6.07, 6.45) is 0. The molecule has 6 nitrogen and oxygen atoms in total. The molecule has 21 heavy (non-hydrogen) atoms. The van der Waals surface area contributed by atoms with Crippen LogP contribution in [-0.2, 0) is 4.79 Å². The van der Waals surface area contributed by atoms with Crippen molar-refractivity contribution in [1.82, 2.24) is 24.7 Å². The standard InChI is InChI=1S/C13H19N5OS2/c1-5-18(6-2)12(19)10-8(3)17(4)13(20)14-11(10)9-7-21-16-15-9/h7,11H,5-6H2,1-4H3,(H,14,20)/t11-/m1/s1. The number of thiocarbonyl (C=S) groups is 1. The van der Waals surface area contributed by atoms with E-state index in [1.165, 1.54) is 11.5 Å². The lowest BCUT2D eigenvalue weighted by Gasteiger charge is -2.36. The van der Waals surface area contributed by atoms with Gasteiger partial charge in [-0.25, -0.2) is 0 Å². The second kappa shape index (κ2) is 6.48. The van der Waals surface area contributed by atoms with Crippen LogP contribution in [0.5, 0.6) is 0 Å². The molecule has 1 aromatic heterocycles. The van der Waals surface area contributed by atoms with Crippen LogP contribution in [0.4, 0.5) is 0 Å². The van der Waals surface area contributed by atoms with E-state index in [-0.39, 0.29) is 11.9 Å². The van der Waals surface area contributed by atoms with Gasteiger partial charge in [-0.15, -0.1) is 5.10 Å². The van der Waals surface area contributed by atoms with E-state index < -0.39 is 0 Å². The van der Waals surface area contributed by atoms with Crippen molar-refractivity contribution in [1.29, 1.82) is 0 Å². The van der Waals surface area contributed by atoms with Gasteiger partial charge in [0.05, 0.1) is 5.57 Å². The number of nitrogens with one attached hydrogen (secondary N) is 1. The van der Waals surface area contributed by atoms with Gasteiger partial charge in [0.25, 0.3) is 5.91 Å². The van der Waals surface area contributed by atoms with Crippen LogP contribution < -0.4 is 5.32 Å². The maximum Gasteiger partial charge on any atom is 0.254 e. The number of nitrogens with zero attached hydrogens (tertiary/aromatic N) is 4. The van der Waals surface area contributed by atoms with E-state index in [9.17, 15) is 4.79 Å². The van der Waals surface area contributed by atoms with Crippen molar-refractivity contribution in [2.45, 2.75) is 26.8 Å². The quantitative estimate of drug-likeness (QED) is 0.848. The molecule has 0 bridgehead atoms. The first kappa shape index (κ1) is 15.8. The first-order valence-corrected chi connectivity index (χ1v) is 8.06. The zero-order chi connectivity index (χ0) is 15.6. The maximum absolute atomic E-state index is 12.8. The van der Waals surface area contributed by atoms with Crippen molar-refractivity contribution in [3.8, 4) is 0 Å². The van der Waals surface area contributed by atoms with Crippen LogP contribution in [0.1, 0.15) is 32.5 Å². The number of rotatable bonds is 4. The highest BCUT2D eigenvalue weighted by Gasteiger charge is 2.35. The number of hydrogen-bond acceptors (Lipinski definition) is 5. The number of carbonyl (C=O) groups is 1. The average Bonchev–Trinajstić information content (AvgIpc) is 2.99. The highest BCUT2D eigenvalue weighted by molar-refractivity contribution is 7.80. The van der Waals surface area contributed by atoms with Crippen LogP contribution in [0.3, 0.4) is 0 Å². The molecule has 0 saturated carbocycles. The molecule has 0 spiro atoms. The van der Waals surface area contributed by atoms with Gasteiger partial charge in [0, 0.05) is 31.2 Å². The Bertz CT molecular complexity index is 565. The Morgan fingerprint density at radius 3 is 2.71 bits per heavy atom. The molecule has 0 unspecified atom stereocenters. The summed E-state index contributed by atoms with van der Waals surface area (Å²) in [7, 11) is 1.86. The van der Waals surface area contributed by atoms with Gasteiger partial charge in [-0.05, 0) is 44.5 Å². The molecule has 1 aliphatic heterocycles. The molecule has 0 fully saturated rings. The zero-order valence-corrected chi connectivity index (χ0v) is 14.2. The Morgan fingerprint density at radius 1 is 1.52 bits per heavy atom. The SMILES string of the molecule is CCN(CC)C(=O)C1=C(C)N(C)C(=S)N[C@@H]1c1csnn1. The summed E-state index contributed by atoms with van der Waals surface area (Å²) in [5.41, 5.74) is 2.27. The summed E-state index contributed by atoms with van der Waals surface area (Å²) in [5.74, 6) is 0.0114. The molecule has 8 heteroatoms. The van der Waals surface area contributed by atoms with Crippen LogP contribution in [0.25, 0.3) is 0 Å². The minimum atomic E-state index is -0.333. The molecule has 1 atom stereocenters. The lowest BCUT2D eigenvalue weighted by molar-refractivity contribution is -0.127. The molecule has 1 aliphatic rings. The molecule has 1 aromatic rings. The number of allylic oxidation sites excluding steroid dienone is 1. The lowest BCUT2D eigenvalue weighted by atomic mass is 9.98. The average molecular weight is 325 g/mol. The Hall–Kier alpha value is -1.54. The van der Waals surface area contributed by atoms with Crippen molar-refractivity contribution < 1.29 is 4.79 Å². The third kappa shape index (κ3) is 2.91. The monoisotopic (exact) mass is 325 g/mol. The lowest BCUT2D eigenvalue weighted by Crippen LogP contribution is -2.48. The van der Waals surface area contributed by atoms with E-state index in [2.05, 4.69) is 14.9 Å². The first-order chi connectivity index (χ1) is 10.0. The van der Waals surface area contributed by atoms with Crippen LogP contribution >= 0.6 is 23.8 Å². The summed E-state index contributed by atoms with van der Waals surface area (Å²) < 4.78 is 3.89. The van der Waals surface area contributed by atoms with Crippen molar-refractivity contribution >= 4 is 34.8 Å². The third-order valence-electron chi connectivity index (χ3n) is 3.71. The van der Waals surface area contributed by atoms with Gasteiger partial charge >= 0.3 is 0 Å². The molecule has 114 valence electrons. The Balaban J connectivity index is 2.48. The fraction of sp³-hybridized carbons (Fsp3) is 0.538. The third-order valence-corrected chi connectivity index (χ3v) is 4.62. The second-order valence-corrected chi connectivity index (χ2v) is 5.74. The van der Waals surface area contributed by atoms with E-state index in [0.29, 0.717) is 23.8 Å². The van der Waals surface area contributed by atoms with Gasteiger partial charge < -0.3 is 15.1 Å². The van der Waals surface area contributed by atoms with Crippen molar-refractivity contribution in [3.05, 3.63) is 22.3 Å². The maximum atomic E-state index is 12.8. The highest BCUT2D eigenvalue weighted by Crippen LogP contribution is 2.30. The summed E-state index contributed by atoms with van der Waals surface area (Å²) in [6.45, 7) is 7.20. The molecule has 0 saturated heterocycles. The molecule has 1 N–H and O–H groups in total. The predicted octanol–water partition coefficient (Wildman–Crippen LogP) is 1.54. The second-order valence-electron chi connectivity index (χ2n) is 4.75. The van der Waals surface area contributed by atoms with Gasteiger partial charge in [-0.1, -0.05) is 4.49 Å². The number of likely N-dealkylation sites (N-methyl/N-ethyl adjacent to an activating group) is 1. The van der Waals surface area contributed by atoms with Crippen molar-refractivity contribution in [2.75, 3.05) is 20.1 Å². The molecule has 0 radical (unpaired) electrons. The summed E-state index contributed by atoms with van der Waals surface area (Å²) in [5, 5.41) is 9.72. The number of amides is 1. The first-order valence-electron chi connectivity index (χ1n) is 6.82. The molecule has 2 heterocycles. The summed E-state index contributed by atoms with van der Waals surface area (Å²) in [4.78, 5) is 16.5. The molecular formula is C13H19N5OS2. The number of carbonyl (C=O) groups excluding carboxylic acids is 1. The predicted molar refractivity (Wildman–Crippen MR) is 86.8 cm³/mol. The van der Waals surface area contributed by atoms with Gasteiger partial charge in [-0.2, -0.15) is 0 Å². The van der Waals surface area contributed by atoms with Crippen LogP contribution in [-0.4, -0.2) is 50.5 Å². The Kier molecular flexibility index (Phi) is 4.89. The van der Waals surface area contributed by atoms with Crippen molar-refractivity contribution in [3.63, 3.8) is 0 Å². The van der Waals surface area contributed by atoms with E-state index in [1.54, 1.807) is 4.90 Å². The van der Waals surface area contributed by atoms with E-state index in [0.717, 1.165) is 11.4 Å². The summed E-state index contributed by atoms with van der Waals surface area (Å²) >= 11 is 6.59. The zero-order valence-electron chi connectivity index (χ0n) is 12.6. The van der Waals surface area contributed by atoms with E-state index >= 15 is 0 Å². The smallest absolute Gasteiger partial charge is 0.254 e. The van der Waals surface area contributed by atoms with Crippen molar-refractivity contribution in [2.24, 2.45) is 0 Å². The minimum absolute atomic E-state index is 0.0114. The van der Waals surface area contributed by atoms with Crippen LogP contribution in [0.2, 0.25) is 0 Å². The molecule has 1 amide bonds. The van der Waals surface area contributed by atoms with Crippen LogP contribution in [0, 0.1) is 0 Å². The van der Waals surface area contributed by atoms with E-state index in [1.807, 2.05) is 38.1 Å². The number of hydrogen-bond donors (Lipinski definition) is 1. The molecule has 2 rings (SSSR count). The largest absolute Gasteiger partial charge is 0.349 e. The fourth-order valence-electron chi connectivity index (χ4n) is 2.31. The molecule has 0 aliphatic carbocycles. The van der Waals surface area contributed by atoms with E-state index in [4.69, 9.17) is 12.2 Å². The van der Waals surface area contributed by atoms with Gasteiger partial charge in [0.2, 0.25) is 0 Å². The van der Waals surface area contributed by atoms with Gasteiger partial charge in [0.15, 0.2) is 5.11 Å².